The minimum atomic E-state index is -0.407. The topological polar surface area (TPSA) is 44.8 Å². The van der Waals surface area contributed by atoms with Crippen LogP contribution in [0.4, 0.5) is 0 Å². The van der Waals surface area contributed by atoms with Crippen molar-refractivity contribution in [1.82, 2.24) is 0 Å². The van der Waals surface area contributed by atoms with E-state index >= 15 is 0 Å². The number of esters is 1. The van der Waals surface area contributed by atoms with E-state index in [4.69, 9.17) is 14.2 Å². The van der Waals surface area contributed by atoms with Crippen LogP contribution in [0.15, 0.2) is 72.8 Å². The molecule has 3 rings (SSSR count). The lowest BCUT2D eigenvalue weighted by atomic mass is 10.0. The van der Waals surface area contributed by atoms with Gasteiger partial charge in [0.05, 0.1) is 18.3 Å². The van der Waals surface area contributed by atoms with Gasteiger partial charge in [-0.25, -0.2) is 4.79 Å². The van der Waals surface area contributed by atoms with Crippen LogP contribution >= 0.6 is 0 Å². The molecule has 0 bridgehead atoms. The maximum Gasteiger partial charge on any atom is 0.343 e. The number of para-hydroxylation sites is 2. The van der Waals surface area contributed by atoms with Gasteiger partial charge in [0, 0.05) is 6.61 Å². The molecule has 0 aromatic heterocycles. The summed E-state index contributed by atoms with van der Waals surface area (Å²) in [6.45, 7) is 7.34. The molecule has 1 atom stereocenters. The summed E-state index contributed by atoms with van der Waals surface area (Å²) in [6.07, 6.45) is 0.959. The Hall–Kier alpha value is -3.11. The van der Waals surface area contributed by atoms with Gasteiger partial charge in [-0.3, -0.25) is 0 Å². The van der Waals surface area contributed by atoms with Crippen molar-refractivity contribution in [3.63, 3.8) is 0 Å². The number of carbonyl (C=O) groups excluding carboxylic acids is 1. The molecule has 0 heterocycles. The van der Waals surface area contributed by atoms with E-state index in [1.165, 1.54) is 0 Å². The predicted octanol–water partition coefficient (Wildman–Crippen LogP) is 6.46. The molecular weight excluding hydrogens is 376 g/mol. The molecular formula is C26H28O4. The van der Waals surface area contributed by atoms with E-state index in [1.807, 2.05) is 45.0 Å². The second-order valence-corrected chi connectivity index (χ2v) is 6.98. The molecule has 4 heteroatoms. The third kappa shape index (κ3) is 5.49. The molecule has 0 spiro atoms. The Morgan fingerprint density at radius 1 is 0.833 bits per heavy atom. The average molecular weight is 405 g/mol. The summed E-state index contributed by atoms with van der Waals surface area (Å²) in [4.78, 5) is 12.6. The number of carbonyl (C=O) groups is 1. The second kappa shape index (κ2) is 10.6. The Bertz CT molecular complexity index is 946. The highest BCUT2D eigenvalue weighted by Gasteiger charge is 2.13. The average Bonchev–Trinajstić information content (AvgIpc) is 2.79. The van der Waals surface area contributed by atoms with Gasteiger partial charge in [0.1, 0.15) is 0 Å². The SMILES string of the molecule is CCCOc1ccccc1OC(=O)c1ccc(-c2ccc(C(C)OCC)cc2)cc1. The molecule has 0 radical (unpaired) electrons. The number of ether oxygens (including phenoxy) is 3. The van der Waals surface area contributed by atoms with Gasteiger partial charge < -0.3 is 14.2 Å². The molecule has 0 amide bonds. The molecule has 156 valence electrons. The Labute approximate surface area is 178 Å². The van der Waals surface area contributed by atoms with Crippen LogP contribution in [0.2, 0.25) is 0 Å². The lowest BCUT2D eigenvalue weighted by Crippen LogP contribution is -2.09. The highest BCUT2D eigenvalue weighted by atomic mass is 16.6. The fraction of sp³-hybridized carbons (Fsp3) is 0.269. The Morgan fingerprint density at radius 3 is 2.03 bits per heavy atom. The van der Waals surface area contributed by atoms with E-state index in [0.29, 0.717) is 30.3 Å². The quantitative estimate of drug-likeness (QED) is 0.303. The van der Waals surface area contributed by atoms with Crippen molar-refractivity contribution >= 4 is 5.97 Å². The molecule has 3 aromatic carbocycles. The zero-order chi connectivity index (χ0) is 21.3. The van der Waals surface area contributed by atoms with E-state index in [-0.39, 0.29) is 6.10 Å². The van der Waals surface area contributed by atoms with E-state index in [9.17, 15) is 4.79 Å². The summed E-state index contributed by atoms with van der Waals surface area (Å²) in [7, 11) is 0. The third-order valence-electron chi connectivity index (χ3n) is 4.76. The van der Waals surface area contributed by atoms with Crippen LogP contribution in [-0.4, -0.2) is 19.2 Å². The first-order valence-electron chi connectivity index (χ1n) is 10.4. The molecule has 0 N–H and O–H groups in total. The Balaban J connectivity index is 1.69. The first kappa shape index (κ1) is 21.6. The van der Waals surface area contributed by atoms with Crippen LogP contribution in [0.5, 0.6) is 11.5 Å². The Kier molecular flexibility index (Phi) is 7.63. The third-order valence-corrected chi connectivity index (χ3v) is 4.76. The predicted molar refractivity (Wildman–Crippen MR) is 119 cm³/mol. The molecule has 0 saturated heterocycles. The van der Waals surface area contributed by atoms with Gasteiger partial charge in [-0.05, 0) is 61.2 Å². The number of hydrogen-bond donors (Lipinski definition) is 0. The van der Waals surface area contributed by atoms with Crippen LogP contribution in [0.1, 0.15) is 49.2 Å². The van der Waals surface area contributed by atoms with E-state index in [1.54, 1.807) is 24.3 Å². The maximum atomic E-state index is 12.6. The first-order valence-corrected chi connectivity index (χ1v) is 10.4. The van der Waals surface area contributed by atoms with Crippen LogP contribution in [0.25, 0.3) is 11.1 Å². The van der Waals surface area contributed by atoms with Gasteiger partial charge in [0.2, 0.25) is 0 Å². The summed E-state index contributed by atoms with van der Waals surface area (Å²) >= 11 is 0. The highest BCUT2D eigenvalue weighted by Crippen LogP contribution is 2.28. The van der Waals surface area contributed by atoms with Crippen LogP contribution < -0.4 is 9.47 Å². The molecule has 4 nitrogen and oxygen atoms in total. The summed E-state index contributed by atoms with van der Waals surface area (Å²) in [5, 5.41) is 0. The van der Waals surface area contributed by atoms with Crippen molar-refractivity contribution in [2.75, 3.05) is 13.2 Å². The van der Waals surface area contributed by atoms with Crippen molar-refractivity contribution in [3.05, 3.63) is 83.9 Å². The molecule has 0 fully saturated rings. The van der Waals surface area contributed by atoms with Crippen molar-refractivity contribution in [2.45, 2.75) is 33.3 Å². The highest BCUT2D eigenvalue weighted by molar-refractivity contribution is 5.92. The number of hydrogen-bond acceptors (Lipinski definition) is 4. The summed E-state index contributed by atoms with van der Waals surface area (Å²) in [5.74, 6) is 0.597. The monoisotopic (exact) mass is 404 g/mol. The molecule has 30 heavy (non-hydrogen) atoms. The van der Waals surface area contributed by atoms with Crippen molar-refractivity contribution in [1.29, 1.82) is 0 Å². The number of rotatable bonds is 9. The molecule has 0 aliphatic carbocycles. The van der Waals surface area contributed by atoms with Gasteiger partial charge in [0.25, 0.3) is 0 Å². The van der Waals surface area contributed by atoms with Crippen molar-refractivity contribution in [2.24, 2.45) is 0 Å². The normalized spacial score (nSPS) is 11.7. The van der Waals surface area contributed by atoms with Gasteiger partial charge in [-0.15, -0.1) is 0 Å². The van der Waals surface area contributed by atoms with E-state index in [0.717, 1.165) is 23.1 Å². The molecule has 0 saturated carbocycles. The second-order valence-electron chi connectivity index (χ2n) is 6.98. The smallest absolute Gasteiger partial charge is 0.343 e. The minimum absolute atomic E-state index is 0.0744. The zero-order valence-electron chi connectivity index (χ0n) is 17.8. The Morgan fingerprint density at radius 2 is 1.43 bits per heavy atom. The van der Waals surface area contributed by atoms with Crippen molar-refractivity contribution < 1.29 is 19.0 Å². The zero-order valence-corrected chi connectivity index (χ0v) is 17.8. The van der Waals surface area contributed by atoms with Gasteiger partial charge in [-0.2, -0.15) is 0 Å². The lowest BCUT2D eigenvalue weighted by Gasteiger charge is -2.13. The van der Waals surface area contributed by atoms with Crippen LogP contribution in [0.3, 0.4) is 0 Å². The van der Waals surface area contributed by atoms with E-state index in [2.05, 4.69) is 24.3 Å². The largest absolute Gasteiger partial charge is 0.490 e. The van der Waals surface area contributed by atoms with Crippen LogP contribution in [-0.2, 0) is 4.74 Å². The minimum Gasteiger partial charge on any atom is -0.490 e. The molecule has 1 unspecified atom stereocenters. The number of benzene rings is 3. The summed E-state index contributed by atoms with van der Waals surface area (Å²) in [6, 6.07) is 22.9. The lowest BCUT2D eigenvalue weighted by molar-refractivity contribution is 0.0727. The summed E-state index contributed by atoms with van der Waals surface area (Å²) < 4.78 is 16.9. The fourth-order valence-electron chi connectivity index (χ4n) is 3.12. The van der Waals surface area contributed by atoms with Crippen LogP contribution in [0, 0.1) is 0 Å². The van der Waals surface area contributed by atoms with Gasteiger partial charge in [0.15, 0.2) is 11.5 Å². The summed E-state index contributed by atoms with van der Waals surface area (Å²) in [5.41, 5.74) is 3.75. The molecule has 0 aliphatic rings. The fourth-order valence-corrected chi connectivity index (χ4v) is 3.12. The van der Waals surface area contributed by atoms with Gasteiger partial charge >= 0.3 is 5.97 Å². The standard InChI is InChI=1S/C26H28O4/c1-4-18-29-24-8-6-7-9-25(24)30-26(27)23-16-14-22(15-17-23)21-12-10-20(11-13-21)19(3)28-5-2/h6-17,19H,4-5,18H2,1-3H3. The van der Waals surface area contributed by atoms with E-state index < -0.39 is 5.97 Å². The maximum absolute atomic E-state index is 12.6. The molecule has 3 aromatic rings. The first-order chi connectivity index (χ1) is 14.6. The van der Waals surface area contributed by atoms with Gasteiger partial charge in [-0.1, -0.05) is 55.5 Å². The van der Waals surface area contributed by atoms with Crippen molar-refractivity contribution in [3.8, 4) is 22.6 Å². The molecule has 0 aliphatic heterocycles.